The monoisotopic (exact) mass is 267 g/mol. The molecule has 114 valence electrons. The largest absolute Gasteiger partial charge is 0.317 e. The van der Waals surface area contributed by atoms with Crippen LogP contribution in [0, 0.1) is 11.8 Å². The van der Waals surface area contributed by atoms with Gasteiger partial charge in [-0.25, -0.2) is 0 Å². The third kappa shape index (κ3) is 7.97. The molecular formula is C18H37N. The molecule has 1 fully saturated rings. The van der Waals surface area contributed by atoms with E-state index < -0.39 is 0 Å². The molecule has 1 rings (SSSR count). The number of hydrogen-bond donors (Lipinski definition) is 1. The first-order valence-electron chi connectivity index (χ1n) is 9.09. The molecule has 0 bridgehead atoms. The second kappa shape index (κ2) is 11.8. The van der Waals surface area contributed by atoms with Gasteiger partial charge in [-0.3, -0.25) is 0 Å². The molecule has 0 aromatic heterocycles. The first kappa shape index (κ1) is 17.0. The molecule has 1 heteroatoms. The van der Waals surface area contributed by atoms with Crippen LogP contribution in [0.25, 0.3) is 0 Å². The Morgan fingerprint density at radius 1 is 0.789 bits per heavy atom. The van der Waals surface area contributed by atoms with E-state index in [9.17, 15) is 0 Å². The second-order valence-electron chi connectivity index (χ2n) is 6.52. The Morgan fingerprint density at radius 2 is 1.42 bits per heavy atom. The Morgan fingerprint density at radius 3 is 2.11 bits per heavy atom. The third-order valence-electron chi connectivity index (χ3n) is 4.90. The van der Waals surface area contributed by atoms with Gasteiger partial charge >= 0.3 is 0 Å². The quantitative estimate of drug-likeness (QED) is 0.484. The zero-order chi connectivity index (χ0) is 13.8. The van der Waals surface area contributed by atoms with Gasteiger partial charge in [-0.05, 0) is 31.3 Å². The highest BCUT2D eigenvalue weighted by atomic mass is 14.8. The molecule has 0 spiro atoms. The fourth-order valence-corrected chi connectivity index (χ4v) is 3.63. The van der Waals surface area contributed by atoms with E-state index in [1.807, 2.05) is 0 Å². The van der Waals surface area contributed by atoms with Gasteiger partial charge in [0, 0.05) is 0 Å². The average Bonchev–Trinajstić information content (AvgIpc) is 2.45. The molecule has 0 aliphatic heterocycles. The zero-order valence-electron chi connectivity index (χ0n) is 13.6. The number of hydrogen-bond acceptors (Lipinski definition) is 1. The van der Waals surface area contributed by atoms with E-state index in [1.165, 1.54) is 83.6 Å². The van der Waals surface area contributed by atoms with Gasteiger partial charge in [0.15, 0.2) is 0 Å². The smallest absolute Gasteiger partial charge is 0.00180 e. The van der Waals surface area contributed by atoms with Crippen LogP contribution < -0.4 is 5.32 Å². The first-order chi connectivity index (χ1) is 9.38. The van der Waals surface area contributed by atoms with Crippen molar-refractivity contribution in [3.05, 3.63) is 0 Å². The minimum atomic E-state index is 0.980. The summed E-state index contributed by atoms with van der Waals surface area (Å²) in [5.74, 6) is 2.01. The molecule has 1 nitrogen and oxygen atoms in total. The first-order valence-corrected chi connectivity index (χ1v) is 9.09. The van der Waals surface area contributed by atoms with Gasteiger partial charge in [0.25, 0.3) is 0 Å². The maximum atomic E-state index is 3.57. The van der Waals surface area contributed by atoms with Crippen molar-refractivity contribution in [1.29, 1.82) is 0 Å². The maximum Gasteiger partial charge on any atom is -0.00180 e. The standard InChI is InChI=1S/C18H37N/c1-3-5-6-7-8-9-10-13-17-14-11-12-15-18(17)16-19-4-2/h17-19H,3-16H2,1-2H3. The zero-order valence-corrected chi connectivity index (χ0v) is 13.6. The van der Waals surface area contributed by atoms with Crippen molar-refractivity contribution in [3.8, 4) is 0 Å². The van der Waals surface area contributed by atoms with Gasteiger partial charge in [0.2, 0.25) is 0 Å². The molecular weight excluding hydrogens is 230 g/mol. The fraction of sp³-hybridized carbons (Fsp3) is 1.00. The molecule has 1 saturated carbocycles. The molecule has 2 atom stereocenters. The summed E-state index contributed by atoms with van der Waals surface area (Å²) in [6.45, 7) is 6.94. The van der Waals surface area contributed by atoms with Crippen molar-refractivity contribution in [2.24, 2.45) is 11.8 Å². The van der Waals surface area contributed by atoms with Crippen LogP contribution in [-0.4, -0.2) is 13.1 Å². The van der Waals surface area contributed by atoms with Gasteiger partial charge < -0.3 is 5.32 Å². The van der Waals surface area contributed by atoms with E-state index in [-0.39, 0.29) is 0 Å². The average molecular weight is 268 g/mol. The molecule has 0 saturated heterocycles. The van der Waals surface area contributed by atoms with Crippen LogP contribution in [-0.2, 0) is 0 Å². The van der Waals surface area contributed by atoms with Crippen LogP contribution in [0.5, 0.6) is 0 Å². The van der Waals surface area contributed by atoms with Crippen LogP contribution >= 0.6 is 0 Å². The minimum Gasteiger partial charge on any atom is -0.317 e. The summed E-state index contributed by atoms with van der Waals surface area (Å²) in [5, 5.41) is 3.57. The van der Waals surface area contributed by atoms with Crippen molar-refractivity contribution < 1.29 is 0 Å². The van der Waals surface area contributed by atoms with E-state index in [0.29, 0.717) is 0 Å². The van der Waals surface area contributed by atoms with Crippen molar-refractivity contribution in [3.63, 3.8) is 0 Å². The predicted octanol–water partition coefficient (Wildman–Crippen LogP) is 5.54. The topological polar surface area (TPSA) is 12.0 Å². The highest BCUT2D eigenvalue weighted by Gasteiger charge is 2.23. The Hall–Kier alpha value is -0.0400. The Bertz CT molecular complexity index is 190. The number of nitrogens with one attached hydrogen (secondary N) is 1. The van der Waals surface area contributed by atoms with Gasteiger partial charge in [0.1, 0.15) is 0 Å². The summed E-state index contributed by atoms with van der Waals surface area (Å²) in [6, 6.07) is 0. The highest BCUT2D eigenvalue weighted by molar-refractivity contribution is 4.77. The second-order valence-corrected chi connectivity index (χ2v) is 6.52. The van der Waals surface area contributed by atoms with Gasteiger partial charge in [0.05, 0.1) is 0 Å². The SMILES string of the molecule is CCCCCCCCCC1CCCCC1CNCC. The number of rotatable bonds is 11. The lowest BCUT2D eigenvalue weighted by atomic mass is 9.76. The summed E-state index contributed by atoms with van der Waals surface area (Å²) >= 11 is 0. The Labute approximate surface area is 121 Å². The highest BCUT2D eigenvalue weighted by Crippen LogP contribution is 2.33. The van der Waals surface area contributed by atoms with Crippen molar-refractivity contribution in [1.82, 2.24) is 5.32 Å². The predicted molar refractivity (Wildman–Crippen MR) is 86.6 cm³/mol. The lowest BCUT2D eigenvalue weighted by Crippen LogP contribution is -2.30. The Balaban J connectivity index is 2.04. The molecule has 0 aromatic rings. The van der Waals surface area contributed by atoms with Crippen LogP contribution in [0.2, 0.25) is 0 Å². The summed E-state index contributed by atoms with van der Waals surface area (Å²) in [6.07, 6.45) is 17.6. The maximum absolute atomic E-state index is 3.57. The summed E-state index contributed by atoms with van der Waals surface area (Å²) in [7, 11) is 0. The van der Waals surface area contributed by atoms with Crippen LogP contribution in [0.4, 0.5) is 0 Å². The molecule has 0 heterocycles. The number of unbranched alkanes of at least 4 members (excludes halogenated alkanes) is 6. The van der Waals surface area contributed by atoms with E-state index in [2.05, 4.69) is 19.2 Å². The summed E-state index contributed by atoms with van der Waals surface area (Å²) < 4.78 is 0. The molecule has 2 unspecified atom stereocenters. The van der Waals surface area contributed by atoms with E-state index in [1.54, 1.807) is 0 Å². The van der Waals surface area contributed by atoms with Crippen LogP contribution in [0.15, 0.2) is 0 Å². The van der Waals surface area contributed by atoms with E-state index in [0.717, 1.165) is 18.4 Å². The van der Waals surface area contributed by atoms with Gasteiger partial charge in [-0.15, -0.1) is 0 Å². The van der Waals surface area contributed by atoms with E-state index in [4.69, 9.17) is 0 Å². The molecule has 1 aliphatic rings. The molecule has 19 heavy (non-hydrogen) atoms. The molecule has 0 aromatic carbocycles. The third-order valence-corrected chi connectivity index (χ3v) is 4.90. The minimum absolute atomic E-state index is 0.980. The molecule has 1 aliphatic carbocycles. The van der Waals surface area contributed by atoms with Crippen LogP contribution in [0.3, 0.4) is 0 Å². The van der Waals surface area contributed by atoms with Crippen LogP contribution in [0.1, 0.15) is 90.9 Å². The molecule has 0 amide bonds. The van der Waals surface area contributed by atoms with Crippen molar-refractivity contribution in [2.75, 3.05) is 13.1 Å². The van der Waals surface area contributed by atoms with Crippen molar-refractivity contribution in [2.45, 2.75) is 90.9 Å². The lowest BCUT2D eigenvalue weighted by Gasteiger charge is -2.32. The normalized spacial score (nSPS) is 23.7. The lowest BCUT2D eigenvalue weighted by molar-refractivity contribution is 0.213. The van der Waals surface area contributed by atoms with Gasteiger partial charge in [-0.1, -0.05) is 84.5 Å². The molecule has 1 N–H and O–H groups in total. The fourth-order valence-electron chi connectivity index (χ4n) is 3.63. The Kier molecular flexibility index (Phi) is 10.5. The van der Waals surface area contributed by atoms with Crippen molar-refractivity contribution >= 4 is 0 Å². The molecule has 0 radical (unpaired) electrons. The van der Waals surface area contributed by atoms with E-state index >= 15 is 0 Å². The van der Waals surface area contributed by atoms with Gasteiger partial charge in [-0.2, -0.15) is 0 Å². The summed E-state index contributed by atoms with van der Waals surface area (Å²) in [5.41, 5.74) is 0. The summed E-state index contributed by atoms with van der Waals surface area (Å²) in [4.78, 5) is 0.